The van der Waals surface area contributed by atoms with Crippen LogP contribution in [0.2, 0.25) is 0 Å². The second-order valence-electron chi connectivity index (χ2n) is 6.12. The molecule has 27 heavy (non-hydrogen) atoms. The number of aromatic carboxylic acids is 1. The number of nitrogens with zero attached hydrogens (tertiary/aromatic N) is 1. The van der Waals surface area contributed by atoms with Crippen molar-refractivity contribution in [3.8, 4) is 0 Å². The number of nitrogens with one attached hydrogen (secondary N) is 1. The Labute approximate surface area is 157 Å². The molecule has 1 amide bonds. The molecule has 8 nitrogen and oxygen atoms in total. The van der Waals surface area contributed by atoms with Crippen LogP contribution in [-0.2, 0) is 16.6 Å². The van der Waals surface area contributed by atoms with Gasteiger partial charge in [-0.15, -0.1) is 0 Å². The zero-order valence-electron chi connectivity index (χ0n) is 15.4. The number of carboxylic acids is 1. The van der Waals surface area contributed by atoms with E-state index >= 15 is 0 Å². The Kier molecular flexibility index (Phi) is 6.27. The van der Waals surface area contributed by atoms with Gasteiger partial charge in [0.25, 0.3) is 5.91 Å². The number of amides is 1. The van der Waals surface area contributed by atoms with E-state index in [0.29, 0.717) is 12.2 Å². The lowest BCUT2D eigenvalue weighted by atomic mass is 10.1. The average molecular weight is 394 g/mol. The number of carbonyl (C=O) groups excluding carboxylic acids is 1. The summed E-state index contributed by atoms with van der Waals surface area (Å²) in [5.41, 5.74) is 0.435. The number of para-hydroxylation sites is 1. The van der Waals surface area contributed by atoms with Crippen LogP contribution in [0.3, 0.4) is 0 Å². The third-order valence-electron chi connectivity index (χ3n) is 3.83. The molecule has 0 aliphatic heterocycles. The van der Waals surface area contributed by atoms with E-state index < -0.39 is 21.9 Å². The summed E-state index contributed by atoms with van der Waals surface area (Å²) in [7, 11) is -2.02. The maximum Gasteiger partial charge on any atom is 0.339 e. The molecule has 0 saturated carbocycles. The van der Waals surface area contributed by atoms with Gasteiger partial charge >= 0.3 is 5.97 Å². The van der Waals surface area contributed by atoms with Gasteiger partial charge in [0, 0.05) is 7.05 Å². The predicted octanol–water partition coefficient (Wildman–Crippen LogP) is 2.71. The molecule has 9 heteroatoms. The van der Waals surface area contributed by atoms with Crippen LogP contribution in [0.25, 0.3) is 0 Å². The topological polar surface area (TPSA) is 117 Å². The highest BCUT2D eigenvalue weighted by atomic mass is 32.2. The normalized spacial score (nSPS) is 11.2. The quantitative estimate of drug-likeness (QED) is 0.711. The van der Waals surface area contributed by atoms with Gasteiger partial charge in [-0.2, -0.15) is 0 Å². The average Bonchev–Trinajstić information content (AvgIpc) is 2.94. The molecule has 0 spiro atoms. The number of sulfonamides is 1. The highest BCUT2D eigenvalue weighted by Crippen LogP contribution is 2.21. The van der Waals surface area contributed by atoms with Crippen molar-refractivity contribution in [2.45, 2.75) is 26.8 Å². The van der Waals surface area contributed by atoms with E-state index in [2.05, 4.69) is 4.72 Å². The minimum Gasteiger partial charge on any atom is -0.478 e. The molecular formula is C18H22N2O6S. The molecule has 1 heterocycles. The van der Waals surface area contributed by atoms with E-state index in [1.54, 1.807) is 19.1 Å². The summed E-state index contributed by atoms with van der Waals surface area (Å²) in [5, 5.41) is 9.08. The molecule has 0 atom stereocenters. The summed E-state index contributed by atoms with van der Waals surface area (Å²) in [5.74, 6) is -0.992. The van der Waals surface area contributed by atoms with Gasteiger partial charge in [0.05, 0.1) is 23.5 Å². The first-order chi connectivity index (χ1) is 12.6. The van der Waals surface area contributed by atoms with E-state index in [9.17, 15) is 18.0 Å². The number of hydrogen-bond donors (Lipinski definition) is 2. The van der Waals surface area contributed by atoms with E-state index in [1.165, 1.54) is 37.1 Å². The molecule has 0 radical (unpaired) electrons. The number of anilines is 1. The zero-order valence-corrected chi connectivity index (χ0v) is 16.2. The van der Waals surface area contributed by atoms with E-state index in [0.717, 1.165) is 0 Å². The van der Waals surface area contributed by atoms with Crippen molar-refractivity contribution >= 4 is 27.6 Å². The molecule has 0 aliphatic rings. The minimum absolute atomic E-state index is 0.0403. The second kappa shape index (κ2) is 8.26. The van der Waals surface area contributed by atoms with Gasteiger partial charge in [-0.1, -0.05) is 19.1 Å². The molecular weight excluding hydrogens is 372 g/mol. The van der Waals surface area contributed by atoms with Crippen LogP contribution in [0.15, 0.2) is 34.7 Å². The molecule has 2 rings (SSSR count). The monoisotopic (exact) mass is 394 g/mol. The van der Waals surface area contributed by atoms with Gasteiger partial charge in [0.2, 0.25) is 10.0 Å². The van der Waals surface area contributed by atoms with Crippen LogP contribution in [0, 0.1) is 6.92 Å². The molecule has 0 saturated heterocycles. The SMILES string of the molecule is CCCS(=O)(=O)Nc1ccccc1C(=O)N(C)Cc1cc(C(=O)O)c(C)o1. The summed E-state index contributed by atoms with van der Waals surface area (Å²) in [4.78, 5) is 25.2. The fraction of sp³-hybridized carbons (Fsp3) is 0.333. The number of furan rings is 1. The number of benzene rings is 1. The van der Waals surface area contributed by atoms with Crippen LogP contribution >= 0.6 is 0 Å². The summed E-state index contributed by atoms with van der Waals surface area (Å²) >= 11 is 0. The van der Waals surface area contributed by atoms with Gasteiger partial charge in [0.1, 0.15) is 17.1 Å². The molecule has 2 N–H and O–H groups in total. The van der Waals surface area contributed by atoms with Crippen LogP contribution < -0.4 is 4.72 Å². The number of carboxylic acid groups (broad SMARTS) is 1. The fourth-order valence-corrected chi connectivity index (χ4v) is 3.74. The van der Waals surface area contributed by atoms with Gasteiger partial charge in [-0.25, -0.2) is 13.2 Å². The second-order valence-corrected chi connectivity index (χ2v) is 7.96. The minimum atomic E-state index is -3.54. The number of hydrogen-bond acceptors (Lipinski definition) is 5. The van der Waals surface area contributed by atoms with Crippen molar-refractivity contribution in [3.63, 3.8) is 0 Å². The summed E-state index contributed by atoms with van der Waals surface area (Å²) < 4.78 is 31.9. The van der Waals surface area contributed by atoms with Crippen molar-refractivity contribution in [2.75, 3.05) is 17.5 Å². The van der Waals surface area contributed by atoms with Crippen molar-refractivity contribution < 1.29 is 27.5 Å². The summed E-state index contributed by atoms with van der Waals surface area (Å²) in [6.45, 7) is 3.33. The van der Waals surface area contributed by atoms with Gasteiger partial charge in [-0.3, -0.25) is 9.52 Å². The highest BCUT2D eigenvalue weighted by molar-refractivity contribution is 7.92. The van der Waals surface area contributed by atoms with Crippen LogP contribution in [0.1, 0.15) is 45.6 Å². The molecule has 0 unspecified atom stereocenters. The third-order valence-corrected chi connectivity index (χ3v) is 5.31. The van der Waals surface area contributed by atoms with E-state index in [-0.39, 0.29) is 34.9 Å². The fourth-order valence-electron chi connectivity index (χ4n) is 2.59. The van der Waals surface area contributed by atoms with E-state index in [1.807, 2.05) is 0 Å². The van der Waals surface area contributed by atoms with Gasteiger partial charge in [-0.05, 0) is 31.5 Å². The van der Waals surface area contributed by atoms with Crippen molar-refractivity contribution in [1.82, 2.24) is 4.90 Å². The Morgan fingerprint density at radius 2 is 1.89 bits per heavy atom. The number of aryl methyl sites for hydroxylation is 1. The molecule has 0 fully saturated rings. The maximum atomic E-state index is 12.8. The summed E-state index contributed by atoms with van der Waals surface area (Å²) in [6, 6.07) is 7.69. The Morgan fingerprint density at radius 1 is 1.22 bits per heavy atom. The summed E-state index contributed by atoms with van der Waals surface area (Å²) in [6.07, 6.45) is 0.453. The lowest BCUT2D eigenvalue weighted by Crippen LogP contribution is -2.27. The Hall–Kier alpha value is -2.81. The van der Waals surface area contributed by atoms with Crippen molar-refractivity contribution in [3.05, 3.63) is 53.0 Å². The lowest BCUT2D eigenvalue weighted by molar-refractivity contribution is 0.0694. The largest absolute Gasteiger partial charge is 0.478 e. The lowest BCUT2D eigenvalue weighted by Gasteiger charge is -2.18. The predicted molar refractivity (Wildman–Crippen MR) is 100 cm³/mol. The van der Waals surface area contributed by atoms with Crippen LogP contribution in [0.5, 0.6) is 0 Å². The Balaban J connectivity index is 2.22. The van der Waals surface area contributed by atoms with Crippen LogP contribution in [-0.4, -0.2) is 43.1 Å². The maximum absolute atomic E-state index is 12.8. The first-order valence-electron chi connectivity index (χ1n) is 8.32. The molecule has 146 valence electrons. The molecule has 0 bridgehead atoms. The molecule has 0 aliphatic carbocycles. The Bertz CT molecular complexity index is 949. The number of carbonyl (C=O) groups is 2. The zero-order chi connectivity index (χ0) is 20.2. The smallest absolute Gasteiger partial charge is 0.339 e. The standard InChI is InChI=1S/C18H22N2O6S/c1-4-9-27(24,25)19-16-8-6-5-7-14(16)17(21)20(3)11-13-10-15(18(22)23)12(2)26-13/h5-8,10,19H,4,9,11H2,1-3H3,(H,22,23). The molecule has 1 aromatic heterocycles. The van der Waals surface area contributed by atoms with Crippen LogP contribution in [0.4, 0.5) is 5.69 Å². The molecule has 2 aromatic rings. The highest BCUT2D eigenvalue weighted by Gasteiger charge is 2.21. The first-order valence-corrected chi connectivity index (χ1v) is 9.97. The van der Waals surface area contributed by atoms with Crippen molar-refractivity contribution in [1.29, 1.82) is 0 Å². The van der Waals surface area contributed by atoms with E-state index in [4.69, 9.17) is 9.52 Å². The first kappa shape index (κ1) is 20.5. The Morgan fingerprint density at radius 3 is 2.48 bits per heavy atom. The third kappa shape index (κ3) is 5.10. The van der Waals surface area contributed by atoms with Gasteiger partial charge < -0.3 is 14.4 Å². The van der Waals surface area contributed by atoms with Gasteiger partial charge in [0.15, 0.2) is 0 Å². The molecule has 1 aromatic carbocycles. The number of rotatable bonds is 8. The van der Waals surface area contributed by atoms with Crippen molar-refractivity contribution in [2.24, 2.45) is 0 Å².